The molecular weight excluding hydrogens is 238 g/mol. The molecule has 17 heavy (non-hydrogen) atoms. The molecule has 2 rings (SSSR count). The molecule has 0 spiro atoms. The molecule has 1 atom stereocenters. The third kappa shape index (κ3) is 3.54. The van der Waals surface area contributed by atoms with Crippen LogP contribution in [0.15, 0.2) is 12.1 Å². The quantitative estimate of drug-likeness (QED) is 0.772. The van der Waals surface area contributed by atoms with Crippen LogP contribution >= 0.6 is 11.6 Å². The lowest BCUT2D eigenvalue weighted by molar-refractivity contribution is 0.0576. The standard InChI is InChI=1S/C12H18ClN3O/c1-16(8-10-3-2-6-17-9-10)12-5-4-11(7-13)14-15-12/h4-5,10H,2-3,6-9H2,1H3. The Kier molecular flexibility index (Phi) is 4.57. The van der Waals surface area contributed by atoms with Gasteiger partial charge < -0.3 is 9.64 Å². The third-order valence-corrected chi connectivity index (χ3v) is 3.29. The molecule has 4 nitrogen and oxygen atoms in total. The average Bonchev–Trinajstić information content (AvgIpc) is 2.40. The normalized spacial score (nSPS) is 20.2. The van der Waals surface area contributed by atoms with Crippen molar-refractivity contribution in [2.75, 3.05) is 31.7 Å². The van der Waals surface area contributed by atoms with Gasteiger partial charge in [-0.3, -0.25) is 0 Å². The summed E-state index contributed by atoms with van der Waals surface area (Å²) in [6, 6.07) is 3.89. The molecule has 1 aromatic heterocycles. The van der Waals surface area contributed by atoms with Crippen molar-refractivity contribution < 1.29 is 4.74 Å². The van der Waals surface area contributed by atoms with Crippen molar-refractivity contribution in [1.29, 1.82) is 0 Å². The van der Waals surface area contributed by atoms with Crippen LogP contribution in [0.1, 0.15) is 18.5 Å². The molecule has 1 aliphatic rings. The number of alkyl halides is 1. The summed E-state index contributed by atoms with van der Waals surface area (Å²) in [5.74, 6) is 1.90. The summed E-state index contributed by atoms with van der Waals surface area (Å²) in [6.07, 6.45) is 2.40. The minimum atomic E-state index is 0.410. The minimum Gasteiger partial charge on any atom is -0.381 e. The molecule has 2 heterocycles. The van der Waals surface area contributed by atoms with Gasteiger partial charge in [-0.15, -0.1) is 16.7 Å². The van der Waals surface area contributed by atoms with Crippen molar-refractivity contribution >= 4 is 17.4 Å². The largest absolute Gasteiger partial charge is 0.381 e. The summed E-state index contributed by atoms with van der Waals surface area (Å²) < 4.78 is 5.48. The van der Waals surface area contributed by atoms with E-state index in [-0.39, 0.29) is 0 Å². The SMILES string of the molecule is CN(CC1CCCOC1)c1ccc(CCl)nn1. The molecule has 0 aliphatic carbocycles. The first-order chi connectivity index (χ1) is 8.29. The zero-order chi connectivity index (χ0) is 12.1. The van der Waals surface area contributed by atoms with Crippen LogP contribution in [0.4, 0.5) is 5.82 Å². The molecule has 1 saturated heterocycles. The summed E-state index contributed by atoms with van der Waals surface area (Å²) in [7, 11) is 2.04. The number of hydrogen-bond acceptors (Lipinski definition) is 4. The van der Waals surface area contributed by atoms with E-state index >= 15 is 0 Å². The van der Waals surface area contributed by atoms with E-state index in [1.54, 1.807) is 0 Å². The summed E-state index contributed by atoms with van der Waals surface area (Å²) in [4.78, 5) is 2.13. The molecule has 0 bridgehead atoms. The summed E-state index contributed by atoms with van der Waals surface area (Å²) in [5.41, 5.74) is 0.810. The van der Waals surface area contributed by atoms with E-state index in [2.05, 4.69) is 15.1 Å². The maximum atomic E-state index is 5.68. The van der Waals surface area contributed by atoms with Gasteiger partial charge in [-0.2, -0.15) is 5.10 Å². The van der Waals surface area contributed by atoms with Gasteiger partial charge in [0.05, 0.1) is 18.2 Å². The van der Waals surface area contributed by atoms with Gasteiger partial charge in [-0.25, -0.2) is 0 Å². The number of nitrogens with zero attached hydrogens (tertiary/aromatic N) is 3. The fourth-order valence-electron chi connectivity index (χ4n) is 2.06. The van der Waals surface area contributed by atoms with Gasteiger partial charge in [0.2, 0.25) is 0 Å². The fraction of sp³-hybridized carbons (Fsp3) is 0.667. The predicted octanol–water partition coefficient (Wildman–Crippen LogP) is 2.08. The van der Waals surface area contributed by atoms with E-state index in [1.165, 1.54) is 6.42 Å². The van der Waals surface area contributed by atoms with E-state index < -0.39 is 0 Å². The molecule has 0 radical (unpaired) electrons. The number of anilines is 1. The Hall–Kier alpha value is -0.870. The van der Waals surface area contributed by atoms with Crippen LogP contribution < -0.4 is 4.90 Å². The van der Waals surface area contributed by atoms with Crippen LogP contribution in [-0.2, 0) is 10.6 Å². The first kappa shape index (κ1) is 12.6. The maximum absolute atomic E-state index is 5.68. The van der Waals surface area contributed by atoms with Gasteiger partial charge in [0.25, 0.3) is 0 Å². The first-order valence-corrected chi connectivity index (χ1v) is 6.50. The Morgan fingerprint density at radius 2 is 2.35 bits per heavy atom. The Bertz CT molecular complexity index is 338. The lowest BCUT2D eigenvalue weighted by Crippen LogP contribution is -2.31. The first-order valence-electron chi connectivity index (χ1n) is 5.97. The molecular formula is C12H18ClN3O. The van der Waals surface area contributed by atoms with Crippen LogP contribution in [0, 0.1) is 5.92 Å². The highest BCUT2D eigenvalue weighted by molar-refractivity contribution is 6.16. The fourth-order valence-corrected chi connectivity index (χ4v) is 2.20. The number of hydrogen-bond donors (Lipinski definition) is 0. The van der Waals surface area contributed by atoms with E-state index in [4.69, 9.17) is 16.3 Å². The van der Waals surface area contributed by atoms with Crippen molar-refractivity contribution in [2.45, 2.75) is 18.7 Å². The molecule has 0 amide bonds. The van der Waals surface area contributed by atoms with Gasteiger partial charge in [-0.05, 0) is 30.9 Å². The smallest absolute Gasteiger partial charge is 0.150 e. The lowest BCUT2D eigenvalue weighted by Gasteiger charge is -2.27. The molecule has 0 saturated carbocycles. The van der Waals surface area contributed by atoms with Gasteiger partial charge in [0.1, 0.15) is 0 Å². The van der Waals surface area contributed by atoms with Crippen LogP contribution in [0.3, 0.4) is 0 Å². The second-order valence-corrected chi connectivity index (χ2v) is 4.75. The Labute approximate surface area is 107 Å². The number of halogens is 1. The highest BCUT2D eigenvalue weighted by Gasteiger charge is 2.16. The Morgan fingerprint density at radius 1 is 1.47 bits per heavy atom. The zero-order valence-corrected chi connectivity index (χ0v) is 10.9. The van der Waals surface area contributed by atoms with Gasteiger partial charge in [0, 0.05) is 20.2 Å². The van der Waals surface area contributed by atoms with Crippen LogP contribution in [0.2, 0.25) is 0 Å². The number of ether oxygens (including phenoxy) is 1. The Morgan fingerprint density at radius 3 is 2.94 bits per heavy atom. The molecule has 94 valence electrons. The van der Waals surface area contributed by atoms with E-state index in [9.17, 15) is 0 Å². The molecule has 1 unspecified atom stereocenters. The highest BCUT2D eigenvalue weighted by Crippen LogP contribution is 2.17. The summed E-state index contributed by atoms with van der Waals surface area (Å²) >= 11 is 5.68. The molecule has 5 heteroatoms. The lowest BCUT2D eigenvalue weighted by atomic mass is 10.0. The van der Waals surface area contributed by atoms with Crippen molar-refractivity contribution in [1.82, 2.24) is 10.2 Å². The minimum absolute atomic E-state index is 0.410. The number of rotatable bonds is 4. The number of aromatic nitrogens is 2. The summed E-state index contributed by atoms with van der Waals surface area (Å²) in [6.45, 7) is 2.73. The maximum Gasteiger partial charge on any atom is 0.150 e. The molecule has 1 aliphatic heterocycles. The Balaban J connectivity index is 1.91. The van der Waals surface area contributed by atoms with Crippen molar-refractivity contribution in [3.05, 3.63) is 17.8 Å². The van der Waals surface area contributed by atoms with E-state index in [0.29, 0.717) is 11.8 Å². The molecule has 0 N–H and O–H groups in total. The predicted molar refractivity (Wildman–Crippen MR) is 68.4 cm³/mol. The third-order valence-electron chi connectivity index (χ3n) is 3.02. The second-order valence-electron chi connectivity index (χ2n) is 4.48. The zero-order valence-electron chi connectivity index (χ0n) is 10.1. The van der Waals surface area contributed by atoms with Gasteiger partial charge in [-0.1, -0.05) is 0 Å². The topological polar surface area (TPSA) is 38.2 Å². The second kappa shape index (κ2) is 6.17. The van der Waals surface area contributed by atoms with Crippen LogP contribution in [-0.4, -0.2) is 37.0 Å². The molecule has 1 aromatic rings. The summed E-state index contributed by atoms with van der Waals surface area (Å²) in [5, 5.41) is 8.22. The van der Waals surface area contributed by atoms with Gasteiger partial charge in [0.15, 0.2) is 5.82 Å². The van der Waals surface area contributed by atoms with E-state index in [1.807, 2.05) is 19.2 Å². The monoisotopic (exact) mass is 255 g/mol. The van der Waals surface area contributed by atoms with Crippen molar-refractivity contribution in [3.63, 3.8) is 0 Å². The molecule has 1 fully saturated rings. The van der Waals surface area contributed by atoms with Crippen LogP contribution in [0.5, 0.6) is 0 Å². The average molecular weight is 256 g/mol. The van der Waals surface area contributed by atoms with E-state index in [0.717, 1.165) is 37.7 Å². The van der Waals surface area contributed by atoms with Gasteiger partial charge >= 0.3 is 0 Å². The molecule has 0 aromatic carbocycles. The van der Waals surface area contributed by atoms with Crippen molar-refractivity contribution in [3.8, 4) is 0 Å². The van der Waals surface area contributed by atoms with Crippen LogP contribution in [0.25, 0.3) is 0 Å². The highest BCUT2D eigenvalue weighted by atomic mass is 35.5. The van der Waals surface area contributed by atoms with Crippen molar-refractivity contribution in [2.24, 2.45) is 5.92 Å².